The van der Waals surface area contributed by atoms with Crippen LogP contribution in [-0.4, -0.2) is 14.3 Å². The van der Waals surface area contributed by atoms with Crippen molar-refractivity contribution in [2.45, 2.75) is 18.2 Å². The van der Waals surface area contributed by atoms with Crippen molar-refractivity contribution in [2.24, 2.45) is 0 Å². The van der Waals surface area contributed by atoms with Crippen LogP contribution in [0.4, 0.5) is 5.69 Å². The number of benzene rings is 4. The highest BCUT2D eigenvalue weighted by Gasteiger charge is 2.17. The summed E-state index contributed by atoms with van der Waals surface area (Å²) in [6.07, 6.45) is -0.0148. The topological polar surface area (TPSA) is 89.3 Å². The van der Waals surface area contributed by atoms with Gasteiger partial charge >= 0.3 is 0 Å². The second-order valence-electron chi connectivity index (χ2n) is 7.11. The number of hydrogen-bond acceptors (Lipinski definition) is 4. The highest BCUT2D eigenvalue weighted by molar-refractivity contribution is 7.90. The van der Waals surface area contributed by atoms with Gasteiger partial charge in [0.15, 0.2) is 0 Å². The van der Waals surface area contributed by atoms with Gasteiger partial charge in [-0.25, -0.2) is 13.1 Å². The second-order valence-corrected chi connectivity index (χ2v) is 8.79. The van der Waals surface area contributed by atoms with Crippen LogP contribution in [0.3, 0.4) is 0 Å². The summed E-state index contributed by atoms with van der Waals surface area (Å²) < 4.78 is 26.4. The molecule has 6 heteroatoms. The zero-order chi connectivity index (χ0) is 22.3. The summed E-state index contributed by atoms with van der Waals surface area (Å²) in [6.45, 7) is 2.08. The van der Waals surface area contributed by atoms with Gasteiger partial charge < -0.3 is 5.73 Å². The maximum Gasteiger partial charge on any atom is 0.264 e. The molecule has 0 saturated carbocycles. The Morgan fingerprint density at radius 2 is 1.42 bits per heavy atom. The monoisotopic (exact) mass is 432 g/mol. The fourth-order valence-corrected chi connectivity index (χ4v) is 3.94. The maximum absolute atomic E-state index is 12.2. The zero-order valence-electron chi connectivity index (χ0n) is 17.2. The molecule has 158 valence electrons. The van der Waals surface area contributed by atoms with Gasteiger partial charge in [-0.1, -0.05) is 78.4 Å². The molecular formula is C25H24N2O3S. The lowest BCUT2D eigenvalue weighted by atomic mass is 10.1. The van der Waals surface area contributed by atoms with E-state index in [0.717, 1.165) is 16.3 Å². The molecule has 0 heterocycles. The molecule has 4 aromatic carbocycles. The van der Waals surface area contributed by atoms with Crippen molar-refractivity contribution in [2.75, 3.05) is 5.73 Å². The molecule has 31 heavy (non-hydrogen) atoms. The van der Waals surface area contributed by atoms with Crippen LogP contribution in [0, 0.1) is 6.92 Å². The highest BCUT2D eigenvalue weighted by Crippen LogP contribution is 2.16. The number of fused-ring (bicyclic) bond motifs is 1. The smallest absolute Gasteiger partial charge is 0.264 e. The quantitative estimate of drug-likeness (QED) is 0.466. The van der Waals surface area contributed by atoms with E-state index in [1.807, 2.05) is 60.7 Å². The Morgan fingerprint density at radius 1 is 0.806 bits per heavy atom. The number of carbonyl (C=O) groups excluding carboxylic acids is 1. The summed E-state index contributed by atoms with van der Waals surface area (Å²) in [5.41, 5.74) is 8.06. The molecule has 0 aliphatic heterocycles. The maximum atomic E-state index is 12.2. The van der Waals surface area contributed by atoms with E-state index >= 15 is 0 Å². The molecular weight excluding hydrogens is 408 g/mol. The molecule has 1 amide bonds. The van der Waals surface area contributed by atoms with Crippen LogP contribution in [0.25, 0.3) is 10.8 Å². The predicted octanol–water partition coefficient (Wildman–Crippen LogP) is 4.46. The van der Waals surface area contributed by atoms with Gasteiger partial charge in [0.25, 0.3) is 10.0 Å². The van der Waals surface area contributed by atoms with Crippen molar-refractivity contribution >= 4 is 32.4 Å². The minimum absolute atomic E-state index is 0.00330. The van der Waals surface area contributed by atoms with Gasteiger partial charge in [-0.05, 0) is 47.5 Å². The van der Waals surface area contributed by atoms with E-state index in [1.165, 1.54) is 29.8 Å². The first kappa shape index (κ1) is 22.1. The number of anilines is 1. The molecule has 0 radical (unpaired) electrons. The van der Waals surface area contributed by atoms with Crippen molar-refractivity contribution < 1.29 is 13.2 Å². The molecule has 4 aromatic rings. The SMILES string of the molecule is Cc1ccccc1.Nc1ccc(S(=O)(=O)NC(=O)Cc2ccc3ccccc3c2)cc1. The summed E-state index contributed by atoms with van der Waals surface area (Å²) in [4.78, 5) is 12.1. The van der Waals surface area contributed by atoms with Gasteiger partial charge in [-0.3, -0.25) is 4.79 Å². The third-order valence-corrected chi connectivity index (χ3v) is 5.95. The molecule has 0 saturated heterocycles. The summed E-state index contributed by atoms with van der Waals surface area (Å²) in [5.74, 6) is -0.581. The van der Waals surface area contributed by atoms with Gasteiger partial charge in [-0.2, -0.15) is 0 Å². The molecule has 5 nitrogen and oxygen atoms in total. The number of carbonyl (C=O) groups is 1. The lowest BCUT2D eigenvalue weighted by Crippen LogP contribution is -2.31. The van der Waals surface area contributed by atoms with Gasteiger partial charge in [0, 0.05) is 5.69 Å². The van der Waals surface area contributed by atoms with E-state index in [2.05, 4.69) is 23.8 Å². The largest absolute Gasteiger partial charge is 0.399 e. The Bertz CT molecular complexity index is 1270. The van der Waals surface area contributed by atoms with Crippen LogP contribution in [0.2, 0.25) is 0 Å². The fraction of sp³-hybridized carbons (Fsp3) is 0.0800. The zero-order valence-corrected chi connectivity index (χ0v) is 18.0. The number of amides is 1. The van der Waals surface area contributed by atoms with Crippen LogP contribution < -0.4 is 10.5 Å². The highest BCUT2D eigenvalue weighted by atomic mass is 32.2. The summed E-state index contributed by atoms with van der Waals surface area (Å²) in [5, 5.41) is 2.07. The van der Waals surface area contributed by atoms with Crippen molar-refractivity contribution in [3.63, 3.8) is 0 Å². The van der Waals surface area contributed by atoms with Crippen LogP contribution in [0.5, 0.6) is 0 Å². The summed E-state index contributed by atoms with van der Waals surface area (Å²) in [6, 6.07) is 29.3. The molecule has 0 aromatic heterocycles. The van der Waals surface area contributed by atoms with Crippen molar-refractivity contribution in [1.29, 1.82) is 0 Å². The summed E-state index contributed by atoms with van der Waals surface area (Å²) >= 11 is 0. The van der Waals surface area contributed by atoms with Gasteiger partial charge in [0.1, 0.15) is 0 Å². The first-order valence-corrected chi connectivity index (χ1v) is 11.2. The van der Waals surface area contributed by atoms with E-state index in [4.69, 9.17) is 5.73 Å². The number of nitrogen functional groups attached to an aromatic ring is 1. The van der Waals surface area contributed by atoms with Gasteiger partial charge in [0.2, 0.25) is 5.91 Å². The molecule has 0 spiro atoms. The van der Waals surface area contributed by atoms with E-state index < -0.39 is 15.9 Å². The average Bonchev–Trinajstić information content (AvgIpc) is 2.74. The molecule has 4 rings (SSSR count). The Hall–Kier alpha value is -3.64. The first-order chi connectivity index (χ1) is 14.8. The van der Waals surface area contributed by atoms with E-state index in [1.54, 1.807) is 0 Å². The van der Waals surface area contributed by atoms with Crippen LogP contribution in [0.1, 0.15) is 11.1 Å². The van der Waals surface area contributed by atoms with Crippen molar-refractivity contribution in [3.05, 3.63) is 108 Å². The Balaban J connectivity index is 0.000000330. The molecule has 0 bridgehead atoms. The minimum Gasteiger partial charge on any atom is -0.399 e. The number of nitrogens with two attached hydrogens (primary N) is 1. The Morgan fingerprint density at radius 3 is 2.03 bits per heavy atom. The number of hydrogen-bond donors (Lipinski definition) is 2. The van der Waals surface area contributed by atoms with E-state index in [0.29, 0.717) is 5.69 Å². The number of aryl methyl sites for hydroxylation is 1. The van der Waals surface area contributed by atoms with Crippen molar-refractivity contribution in [3.8, 4) is 0 Å². The molecule has 0 atom stereocenters. The second kappa shape index (κ2) is 9.91. The lowest BCUT2D eigenvalue weighted by molar-refractivity contribution is -0.118. The number of sulfonamides is 1. The van der Waals surface area contributed by atoms with Crippen molar-refractivity contribution in [1.82, 2.24) is 4.72 Å². The Labute approximate surface area is 182 Å². The number of rotatable bonds is 4. The summed E-state index contributed by atoms with van der Waals surface area (Å²) in [7, 11) is -3.89. The lowest BCUT2D eigenvalue weighted by Gasteiger charge is -2.08. The molecule has 0 aliphatic carbocycles. The first-order valence-electron chi connectivity index (χ1n) is 9.74. The van der Waals surface area contributed by atoms with Gasteiger partial charge in [-0.15, -0.1) is 0 Å². The predicted molar refractivity (Wildman–Crippen MR) is 125 cm³/mol. The standard InChI is InChI=1S/C18H16N2O3S.C7H8/c19-16-7-9-17(10-8-16)24(22,23)20-18(21)12-13-5-6-14-3-1-2-4-15(14)11-13;1-7-5-3-2-4-6-7/h1-11H,12,19H2,(H,20,21);2-6H,1H3. The van der Waals surface area contributed by atoms with Gasteiger partial charge in [0.05, 0.1) is 11.3 Å². The van der Waals surface area contributed by atoms with Crippen LogP contribution in [0.15, 0.2) is 102 Å². The molecule has 3 N–H and O–H groups in total. The van der Waals surface area contributed by atoms with Crippen LogP contribution in [-0.2, 0) is 21.2 Å². The average molecular weight is 433 g/mol. The van der Waals surface area contributed by atoms with E-state index in [-0.39, 0.29) is 11.3 Å². The minimum atomic E-state index is -3.89. The van der Waals surface area contributed by atoms with E-state index in [9.17, 15) is 13.2 Å². The molecule has 0 fully saturated rings. The Kier molecular flexibility index (Phi) is 7.05. The third kappa shape index (κ3) is 6.42. The normalized spacial score (nSPS) is 10.7. The molecule has 0 aliphatic rings. The third-order valence-electron chi connectivity index (χ3n) is 4.56. The number of nitrogens with one attached hydrogen (secondary N) is 1. The molecule has 0 unspecified atom stereocenters. The fourth-order valence-electron chi connectivity index (χ4n) is 2.96. The van der Waals surface area contributed by atoms with Crippen LogP contribution >= 0.6 is 0 Å².